The molecule has 128 valence electrons. The fourth-order valence-electron chi connectivity index (χ4n) is 2.25. The van der Waals surface area contributed by atoms with Crippen LogP contribution in [0.1, 0.15) is 18.9 Å². The predicted molar refractivity (Wildman–Crippen MR) is 94.1 cm³/mol. The highest BCUT2D eigenvalue weighted by atomic mass is 32.2. The van der Waals surface area contributed by atoms with E-state index in [1.807, 2.05) is 30.3 Å². The highest BCUT2D eigenvalue weighted by Crippen LogP contribution is 2.22. The second kappa shape index (κ2) is 8.78. The average molecular weight is 346 g/mol. The predicted octanol–water partition coefficient (Wildman–Crippen LogP) is 3.33. The highest BCUT2D eigenvalue weighted by Gasteiger charge is 2.21. The lowest BCUT2D eigenvalue weighted by atomic mass is 10.2. The van der Waals surface area contributed by atoms with Crippen molar-refractivity contribution in [3.05, 3.63) is 77.2 Å². The lowest BCUT2D eigenvalue weighted by molar-refractivity contribution is 0.147. The van der Waals surface area contributed by atoms with Crippen LogP contribution < -0.4 is 0 Å². The first-order valence-electron chi connectivity index (χ1n) is 7.79. The van der Waals surface area contributed by atoms with E-state index in [0.29, 0.717) is 6.61 Å². The fourth-order valence-corrected chi connectivity index (χ4v) is 3.81. The third kappa shape index (κ3) is 5.30. The number of hydrogen-bond acceptors (Lipinski definition) is 4. The Morgan fingerprint density at radius 2 is 1.67 bits per heavy atom. The number of benzene rings is 2. The topological polar surface area (TPSA) is 63.6 Å². The van der Waals surface area contributed by atoms with E-state index in [2.05, 4.69) is 0 Å². The molecule has 2 aromatic rings. The Bertz CT molecular complexity index is 750. The van der Waals surface area contributed by atoms with Crippen LogP contribution in [0.5, 0.6) is 0 Å². The zero-order valence-electron chi connectivity index (χ0n) is 13.6. The number of sulfone groups is 1. The Kier molecular flexibility index (Phi) is 6.73. The Hall–Kier alpha value is -1.95. The van der Waals surface area contributed by atoms with Crippen molar-refractivity contribution in [2.45, 2.75) is 31.0 Å². The van der Waals surface area contributed by atoms with Crippen molar-refractivity contribution in [1.29, 1.82) is 0 Å². The average Bonchev–Trinajstić information content (AvgIpc) is 2.59. The van der Waals surface area contributed by atoms with E-state index >= 15 is 0 Å². The van der Waals surface area contributed by atoms with Crippen molar-refractivity contribution in [2.75, 3.05) is 6.61 Å². The molecule has 0 heterocycles. The van der Waals surface area contributed by atoms with E-state index in [1.54, 1.807) is 37.3 Å². The summed E-state index contributed by atoms with van der Waals surface area (Å²) in [6.07, 6.45) is 0.855. The normalized spacial score (nSPS) is 13.7. The van der Waals surface area contributed by atoms with Gasteiger partial charge in [0.25, 0.3) is 0 Å². The molecule has 0 fully saturated rings. The van der Waals surface area contributed by atoms with Gasteiger partial charge in [-0.2, -0.15) is 0 Å². The van der Waals surface area contributed by atoms with Crippen LogP contribution in [0, 0.1) is 0 Å². The molecule has 0 aliphatic heterocycles. The first kappa shape index (κ1) is 18.4. The quantitative estimate of drug-likeness (QED) is 0.745. The maximum Gasteiger partial charge on any atom is 0.202 e. The molecule has 0 aromatic heterocycles. The van der Waals surface area contributed by atoms with Crippen molar-refractivity contribution < 1.29 is 18.3 Å². The Labute approximate surface area is 143 Å². The number of rotatable bonds is 8. The van der Waals surface area contributed by atoms with Crippen LogP contribution in [-0.2, 0) is 21.2 Å². The monoisotopic (exact) mass is 346 g/mol. The van der Waals surface area contributed by atoms with E-state index in [0.717, 1.165) is 5.56 Å². The molecule has 0 spiro atoms. The third-order valence-corrected chi connectivity index (χ3v) is 5.35. The van der Waals surface area contributed by atoms with E-state index < -0.39 is 15.9 Å². The summed E-state index contributed by atoms with van der Waals surface area (Å²) in [5.74, 6) is 0. The van der Waals surface area contributed by atoms with E-state index in [9.17, 15) is 13.5 Å². The maximum absolute atomic E-state index is 12.7. The number of aliphatic hydroxyl groups is 1. The van der Waals surface area contributed by atoms with Gasteiger partial charge in [-0.05, 0) is 30.7 Å². The molecule has 2 aromatic carbocycles. The lowest BCUT2D eigenvalue weighted by Crippen LogP contribution is -2.12. The molecule has 0 radical (unpaired) electrons. The van der Waals surface area contributed by atoms with Crippen molar-refractivity contribution in [1.82, 2.24) is 0 Å². The molecule has 0 amide bonds. The van der Waals surface area contributed by atoms with E-state index in [4.69, 9.17) is 4.74 Å². The number of hydrogen-bond donors (Lipinski definition) is 1. The van der Waals surface area contributed by atoms with Gasteiger partial charge in [-0.15, -0.1) is 0 Å². The van der Waals surface area contributed by atoms with Crippen LogP contribution in [0.25, 0.3) is 0 Å². The molecule has 0 saturated heterocycles. The highest BCUT2D eigenvalue weighted by molar-refractivity contribution is 7.95. The Morgan fingerprint density at radius 1 is 1.08 bits per heavy atom. The van der Waals surface area contributed by atoms with Gasteiger partial charge in [0.05, 0.1) is 29.1 Å². The SMILES string of the molecule is CC(O)C/C(=C\COCc1ccccc1)S(=O)(=O)c1ccccc1. The fraction of sp³-hybridized carbons (Fsp3) is 0.263. The molecular weight excluding hydrogens is 324 g/mol. The largest absolute Gasteiger partial charge is 0.393 e. The second-order valence-electron chi connectivity index (χ2n) is 5.54. The van der Waals surface area contributed by atoms with Gasteiger partial charge >= 0.3 is 0 Å². The number of ether oxygens (including phenoxy) is 1. The molecule has 0 aliphatic rings. The molecule has 0 saturated carbocycles. The van der Waals surface area contributed by atoms with Crippen molar-refractivity contribution in [2.24, 2.45) is 0 Å². The van der Waals surface area contributed by atoms with Gasteiger partial charge in [0, 0.05) is 6.42 Å². The molecule has 1 unspecified atom stereocenters. The van der Waals surface area contributed by atoms with Crippen LogP contribution in [-0.4, -0.2) is 26.2 Å². The molecule has 1 atom stereocenters. The summed E-state index contributed by atoms with van der Waals surface area (Å²) < 4.78 is 30.9. The van der Waals surface area contributed by atoms with Crippen LogP contribution in [0.2, 0.25) is 0 Å². The summed E-state index contributed by atoms with van der Waals surface area (Å²) in [7, 11) is -3.62. The van der Waals surface area contributed by atoms with Crippen LogP contribution in [0.15, 0.2) is 76.5 Å². The first-order valence-corrected chi connectivity index (χ1v) is 9.27. The lowest BCUT2D eigenvalue weighted by Gasteiger charge is -2.12. The Balaban J connectivity index is 2.10. The summed E-state index contributed by atoms with van der Waals surface area (Å²) in [4.78, 5) is 0.400. The molecule has 1 N–H and O–H groups in total. The molecule has 5 heteroatoms. The van der Waals surface area contributed by atoms with E-state index in [-0.39, 0.29) is 22.8 Å². The zero-order chi connectivity index (χ0) is 17.4. The first-order chi connectivity index (χ1) is 11.5. The van der Waals surface area contributed by atoms with Crippen LogP contribution in [0.3, 0.4) is 0 Å². The summed E-state index contributed by atoms with van der Waals surface area (Å²) in [5.41, 5.74) is 1.02. The van der Waals surface area contributed by atoms with Crippen LogP contribution >= 0.6 is 0 Å². The van der Waals surface area contributed by atoms with Gasteiger partial charge in [-0.1, -0.05) is 48.5 Å². The van der Waals surface area contributed by atoms with Gasteiger partial charge in [0.2, 0.25) is 9.84 Å². The molecule has 2 rings (SSSR count). The Morgan fingerprint density at radius 3 is 2.25 bits per heavy atom. The minimum atomic E-state index is -3.62. The standard InChI is InChI=1S/C19H22O4S/c1-16(20)14-19(24(21,22)18-10-6-3-7-11-18)12-13-23-15-17-8-4-2-5-9-17/h2-12,16,20H,13-15H2,1H3/b19-12+. The maximum atomic E-state index is 12.7. The van der Waals surface area contributed by atoms with Crippen molar-refractivity contribution >= 4 is 9.84 Å². The van der Waals surface area contributed by atoms with Gasteiger partial charge < -0.3 is 9.84 Å². The van der Waals surface area contributed by atoms with Crippen molar-refractivity contribution in [3.8, 4) is 0 Å². The second-order valence-corrected chi connectivity index (χ2v) is 7.54. The molecule has 24 heavy (non-hydrogen) atoms. The van der Waals surface area contributed by atoms with Crippen molar-refractivity contribution in [3.63, 3.8) is 0 Å². The zero-order valence-corrected chi connectivity index (χ0v) is 14.4. The van der Waals surface area contributed by atoms with E-state index in [1.165, 1.54) is 6.08 Å². The molecule has 4 nitrogen and oxygen atoms in total. The molecule has 0 bridgehead atoms. The molecular formula is C19H22O4S. The summed E-state index contributed by atoms with van der Waals surface area (Å²) in [6, 6.07) is 17.9. The summed E-state index contributed by atoms with van der Waals surface area (Å²) in [5, 5.41) is 9.62. The van der Waals surface area contributed by atoms with Gasteiger partial charge in [-0.25, -0.2) is 8.42 Å². The summed E-state index contributed by atoms with van der Waals surface area (Å²) in [6.45, 7) is 2.15. The van der Waals surface area contributed by atoms with Crippen LogP contribution in [0.4, 0.5) is 0 Å². The summed E-state index contributed by atoms with van der Waals surface area (Å²) >= 11 is 0. The van der Waals surface area contributed by atoms with Gasteiger partial charge in [0.1, 0.15) is 0 Å². The van der Waals surface area contributed by atoms with Gasteiger partial charge in [0.15, 0.2) is 0 Å². The molecule has 0 aliphatic carbocycles. The third-order valence-electron chi connectivity index (χ3n) is 3.44. The number of aliphatic hydroxyl groups excluding tert-OH is 1. The minimum absolute atomic E-state index is 0.0614. The van der Waals surface area contributed by atoms with Gasteiger partial charge in [-0.3, -0.25) is 0 Å². The smallest absolute Gasteiger partial charge is 0.202 e. The minimum Gasteiger partial charge on any atom is -0.393 e.